The number of alkyl carbamates (subject to hydrolysis) is 1. The molecule has 3 N–H and O–H groups in total. The zero-order valence-electron chi connectivity index (χ0n) is 24.8. The third-order valence-electron chi connectivity index (χ3n) is 6.09. The Morgan fingerprint density at radius 1 is 1.00 bits per heavy atom. The first-order valence-electron chi connectivity index (χ1n) is 13.9. The number of carbonyl (C=O) groups excluding carboxylic acids is 4. The number of phenols is 1. The number of nitrogens with zero attached hydrogens (tertiary/aromatic N) is 2. The zero-order chi connectivity index (χ0) is 31.3. The van der Waals surface area contributed by atoms with Crippen molar-refractivity contribution in [1.29, 1.82) is 5.26 Å². The maximum atomic E-state index is 14.1. The molecule has 2 aromatic carbocycles. The van der Waals surface area contributed by atoms with Crippen LogP contribution in [0.1, 0.15) is 63.8 Å². The Morgan fingerprint density at radius 2 is 1.62 bits per heavy atom. The van der Waals surface area contributed by atoms with Crippen LogP contribution in [0.3, 0.4) is 0 Å². The van der Waals surface area contributed by atoms with E-state index in [9.17, 15) is 29.5 Å². The highest BCUT2D eigenvalue weighted by molar-refractivity contribution is 5.92. The van der Waals surface area contributed by atoms with Crippen LogP contribution in [0.4, 0.5) is 4.79 Å². The molecule has 0 aliphatic rings. The van der Waals surface area contributed by atoms with E-state index in [1.165, 1.54) is 12.1 Å². The van der Waals surface area contributed by atoms with Gasteiger partial charge in [-0.05, 0) is 62.9 Å². The second-order valence-corrected chi connectivity index (χ2v) is 10.5. The molecule has 0 aliphatic heterocycles. The van der Waals surface area contributed by atoms with Gasteiger partial charge in [0.05, 0.1) is 19.1 Å². The number of rotatable bonds is 13. The summed E-state index contributed by atoms with van der Waals surface area (Å²) in [5.74, 6) is -1.75. The molecule has 0 saturated heterocycles. The molecular weight excluding hydrogens is 540 g/mol. The summed E-state index contributed by atoms with van der Waals surface area (Å²) in [6, 6.07) is 12.7. The van der Waals surface area contributed by atoms with Crippen LogP contribution in [-0.4, -0.2) is 65.2 Å². The Bertz CT molecular complexity index is 1250. The molecule has 0 aliphatic carbocycles. The van der Waals surface area contributed by atoms with Gasteiger partial charge < -0.3 is 30.1 Å². The van der Waals surface area contributed by atoms with Gasteiger partial charge in [-0.15, -0.1) is 0 Å². The van der Waals surface area contributed by atoms with Gasteiger partial charge >= 0.3 is 12.1 Å². The Balaban J connectivity index is 2.48. The van der Waals surface area contributed by atoms with Crippen molar-refractivity contribution in [3.8, 4) is 11.8 Å². The summed E-state index contributed by atoms with van der Waals surface area (Å²) in [6.07, 6.45) is -0.172. The molecule has 0 heterocycles. The predicted octanol–water partition coefficient (Wildman–Crippen LogP) is 3.55. The van der Waals surface area contributed by atoms with Crippen LogP contribution in [0.5, 0.6) is 5.75 Å². The summed E-state index contributed by atoms with van der Waals surface area (Å²) in [6.45, 7) is 8.41. The predicted molar refractivity (Wildman–Crippen MR) is 155 cm³/mol. The fraction of sp³-hybridized carbons (Fsp3) is 0.452. The first-order valence-corrected chi connectivity index (χ1v) is 13.9. The Labute approximate surface area is 246 Å². The number of aromatic hydroxyl groups is 1. The standard InChI is InChI=1S/C31H40N4O7/c1-6-21-8-12-23(13-9-21)27(28(38)33-18-16-26(37)41-7-2)35(19-17-32)29(39)25(34-30(40)42-31(3,4)5)20-22-10-14-24(36)15-11-22/h8-15,25,27,36H,6-7,16,18-20H2,1-5H3,(H,33,38)(H,34,40). The third-order valence-corrected chi connectivity index (χ3v) is 6.09. The van der Waals surface area contributed by atoms with Crippen molar-refractivity contribution < 1.29 is 33.8 Å². The van der Waals surface area contributed by atoms with Crippen LogP contribution in [0.25, 0.3) is 0 Å². The number of phenolic OH excluding ortho intramolecular Hbond substituents is 1. The third kappa shape index (κ3) is 10.8. The molecule has 2 atom stereocenters. The lowest BCUT2D eigenvalue weighted by atomic mass is 9.99. The Kier molecular flexibility index (Phi) is 12.8. The summed E-state index contributed by atoms with van der Waals surface area (Å²) >= 11 is 0. The van der Waals surface area contributed by atoms with E-state index in [1.54, 1.807) is 52.0 Å². The molecule has 42 heavy (non-hydrogen) atoms. The lowest BCUT2D eigenvalue weighted by Crippen LogP contribution is -2.54. The molecule has 2 aromatic rings. The summed E-state index contributed by atoms with van der Waals surface area (Å²) in [4.78, 5) is 53.4. The van der Waals surface area contributed by atoms with Crippen LogP contribution in [0, 0.1) is 11.3 Å². The molecule has 0 spiro atoms. The van der Waals surface area contributed by atoms with Crippen LogP contribution in [-0.2, 0) is 36.7 Å². The van der Waals surface area contributed by atoms with Crippen molar-refractivity contribution >= 4 is 23.9 Å². The highest BCUT2D eigenvalue weighted by Gasteiger charge is 2.36. The summed E-state index contributed by atoms with van der Waals surface area (Å²) in [5, 5.41) is 24.7. The lowest BCUT2D eigenvalue weighted by molar-refractivity contribution is -0.144. The maximum Gasteiger partial charge on any atom is 0.408 e. The van der Waals surface area contributed by atoms with E-state index in [1.807, 2.05) is 25.1 Å². The minimum atomic E-state index is -1.24. The van der Waals surface area contributed by atoms with Gasteiger partial charge in [0.2, 0.25) is 11.8 Å². The molecule has 0 aromatic heterocycles. The average Bonchev–Trinajstić information content (AvgIpc) is 2.92. The van der Waals surface area contributed by atoms with Gasteiger partial charge in [0, 0.05) is 13.0 Å². The molecule has 0 bridgehead atoms. The van der Waals surface area contributed by atoms with Crippen LogP contribution < -0.4 is 10.6 Å². The second kappa shape index (κ2) is 16.0. The fourth-order valence-electron chi connectivity index (χ4n) is 4.12. The minimum absolute atomic E-state index is 0.00768. The second-order valence-electron chi connectivity index (χ2n) is 10.5. The average molecular weight is 581 g/mol. The van der Waals surface area contributed by atoms with Gasteiger partial charge in [0.15, 0.2) is 0 Å². The number of carbonyl (C=O) groups is 4. The first kappa shape index (κ1) is 33.6. The molecule has 3 amide bonds. The van der Waals surface area contributed by atoms with E-state index >= 15 is 0 Å². The molecule has 0 radical (unpaired) electrons. The SMILES string of the molecule is CCOC(=O)CCNC(=O)C(c1ccc(CC)cc1)N(CC#N)C(=O)C(Cc1ccc(O)cc1)NC(=O)OC(C)(C)C. The smallest absolute Gasteiger partial charge is 0.408 e. The van der Waals surface area contributed by atoms with Crippen molar-refractivity contribution in [2.45, 2.75) is 71.6 Å². The lowest BCUT2D eigenvalue weighted by Gasteiger charge is -2.33. The molecule has 0 fully saturated rings. The molecular formula is C31H40N4O7. The number of nitriles is 1. The monoisotopic (exact) mass is 580 g/mol. The number of ether oxygens (including phenoxy) is 2. The van der Waals surface area contributed by atoms with Crippen LogP contribution in [0.2, 0.25) is 0 Å². The molecule has 11 nitrogen and oxygen atoms in total. The molecule has 226 valence electrons. The maximum absolute atomic E-state index is 14.1. The van der Waals surface area contributed by atoms with Gasteiger partial charge in [-0.2, -0.15) is 5.26 Å². The number of esters is 1. The number of benzene rings is 2. The summed E-state index contributed by atoms with van der Waals surface area (Å²) in [7, 11) is 0. The van der Waals surface area contributed by atoms with Gasteiger partial charge in [-0.3, -0.25) is 14.4 Å². The Hall–Kier alpha value is -4.59. The van der Waals surface area contributed by atoms with E-state index < -0.39 is 48.1 Å². The zero-order valence-corrected chi connectivity index (χ0v) is 24.8. The number of aryl methyl sites for hydroxylation is 1. The van der Waals surface area contributed by atoms with E-state index in [0.29, 0.717) is 11.1 Å². The van der Waals surface area contributed by atoms with Gasteiger partial charge in [-0.1, -0.05) is 43.3 Å². The quantitative estimate of drug-likeness (QED) is 0.240. The van der Waals surface area contributed by atoms with Crippen molar-refractivity contribution in [3.63, 3.8) is 0 Å². The van der Waals surface area contributed by atoms with E-state index in [-0.39, 0.29) is 31.7 Å². The number of hydrogen-bond acceptors (Lipinski definition) is 8. The molecule has 0 saturated carbocycles. The topological polar surface area (TPSA) is 158 Å². The Morgan fingerprint density at radius 3 is 2.17 bits per heavy atom. The summed E-state index contributed by atoms with van der Waals surface area (Å²) in [5.41, 5.74) is 1.23. The van der Waals surface area contributed by atoms with Gasteiger partial charge in [0.1, 0.15) is 30.0 Å². The van der Waals surface area contributed by atoms with Gasteiger partial charge in [-0.25, -0.2) is 4.79 Å². The highest BCUT2D eigenvalue weighted by Crippen LogP contribution is 2.24. The van der Waals surface area contributed by atoms with Crippen molar-refractivity contribution in [2.75, 3.05) is 19.7 Å². The van der Waals surface area contributed by atoms with E-state index in [2.05, 4.69) is 10.6 Å². The number of hydrogen-bond donors (Lipinski definition) is 3. The van der Waals surface area contributed by atoms with Crippen LogP contribution in [0.15, 0.2) is 48.5 Å². The van der Waals surface area contributed by atoms with E-state index in [4.69, 9.17) is 9.47 Å². The number of nitrogens with one attached hydrogen (secondary N) is 2. The minimum Gasteiger partial charge on any atom is -0.508 e. The van der Waals surface area contributed by atoms with Crippen LogP contribution >= 0.6 is 0 Å². The van der Waals surface area contributed by atoms with Crippen molar-refractivity contribution in [2.24, 2.45) is 0 Å². The number of amides is 3. The van der Waals surface area contributed by atoms with Crippen molar-refractivity contribution in [1.82, 2.24) is 15.5 Å². The first-order chi connectivity index (χ1) is 19.9. The van der Waals surface area contributed by atoms with Crippen molar-refractivity contribution in [3.05, 3.63) is 65.2 Å². The van der Waals surface area contributed by atoms with E-state index in [0.717, 1.165) is 16.9 Å². The van der Waals surface area contributed by atoms with Gasteiger partial charge in [0.25, 0.3) is 0 Å². The summed E-state index contributed by atoms with van der Waals surface area (Å²) < 4.78 is 10.3. The largest absolute Gasteiger partial charge is 0.508 e. The normalized spacial score (nSPS) is 12.3. The molecule has 2 unspecified atom stereocenters. The molecule has 11 heteroatoms. The highest BCUT2D eigenvalue weighted by atomic mass is 16.6. The molecule has 2 rings (SSSR count). The fourth-order valence-corrected chi connectivity index (χ4v) is 4.12.